The van der Waals surface area contributed by atoms with Crippen LogP contribution in [0, 0.1) is 0 Å². The molecule has 0 bridgehead atoms. The van der Waals surface area contributed by atoms with Crippen LogP contribution < -0.4 is 10.1 Å². The number of nitrogens with zero attached hydrogens (tertiary/aromatic N) is 2. The van der Waals surface area contributed by atoms with Gasteiger partial charge < -0.3 is 19.9 Å². The maximum Gasteiger partial charge on any atom is 0.322 e. The van der Waals surface area contributed by atoms with Crippen molar-refractivity contribution in [2.45, 2.75) is 13.0 Å². The number of hydrogen-bond donors (Lipinski definition) is 1. The van der Waals surface area contributed by atoms with Gasteiger partial charge in [0.25, 0.3) is 0 Å². The summed E-state index contributed by atoms with van der Waals surface area (Å²) < 4.78 is 5.29. The SMILES string of the molecule is COc1cccc(-c2ccccc2NC(=O)N2CCN(C)C(=O)[C@@H]2C)c1. The number of urea groups is 1. The van der Waals surface area contributed by atoms with Crippen LogP contribution in [0.2, 0.25) is 0 Å². The first-order chi connectivity index (χ1) is 12.5. The molecule has 1 heterocycles. The number of carbonyl (C=O) groups is 2. The first-order valence-electron chi connectivity index (χ1n) is 8.57. The summed E-state index contributed by atoms with van der Waals surface area (Å²) in [5, 5.41) is 2.96. The highest BCUT2D eigenvalue weighted by atomic mass is 16.5. The molecule has 0 unspecified atom stereocenters. The van der Waals surface area contributed by atoms with Gasteiger partial charge in [0.05, 0.1) is 12.8 Å². The fourth-order valence-corrected chi connectivity index (χ4v) is 3.11. The van der Waals surface area contributed by atoms with E-state index in [0.29, 0.717) is 18.8 Å². The van der Waals surface area contributed by atoms with Gasteiger partial charge in [-0.3, -0.25) is 4.79 Å². The van der Waals surface area contributed by atoms with Crippen molar-refractivity contribution in [1.29, 1.82) is 0 Å². The smallest absolute Gasteiger partial charge is 0.322 e. The van der Waals surface area contributed by atoms with E-state index >= 15 is 0 Å². The summed E-state index contributed by atoms with van der Waals surface area (Å²) in [5.41, 5.74) is 2.54. The van der Waals surface area contributed by atoms with E-state index in [1.807, 2.05) is 48.5 Å². The molecule has 3 amide bonds. The molecule has 0 radical (unpaired) electrons. The summed E-state index contributed by atoms with van der Waals surface area (Å²) in [7, 11) is 3.38. The zero-order valence-electron chi connectivity index (χ0n) is 15.2. The second kappa shape index (κ2) is 7.47. The minimum Gasteiger partial charge on any atom is -0.497 e. The highest BCUT2D eigenvalue weighted by Gasteiger charge is 2.32. The first kappa shape index (κ1) is 17.8. The number of anilines is 1. The van der Waals surface area contributed by atoms with Crippen LogP contribution in [0.3, 0.4) is 0 Å². The fraction of sp³-hybridized carbons (Fsp3) is 0.300. The zero-order chi connectivity index (χ0) is 18.7. The van der Waals surface area contributed by atoms with Crippen LogP contribution in [0.15, 0.2) is 48.5 Å². The Labute approximate surface area is 153 Å². The highest BCUT2D eigenvalue weighted by molar-refractivity contribution is 5.97. The van der Waals surface area contributed by atoms with Crippen LogP contribution in [-0.4, -0.2) is 55.0 Å². The Morgan fingerprint density at radius 3 is 2.69 bits per heavy atom. The maximum atomic E-state index is 12.8. The predicted molar refractivity (Wildman–Crippen MR) is 101 cm³/mol. The van der Waals surface area contributed by atoms with Gasteiger partial charge in [0.2, 0.25) is 5.91 Å². The molecular weight excluding hydrogens is 330 g/mol. The molecule has 0 saturated carbocycles. The van der Waals surface area contributed by atoms with E-state index in [0.717, 1.165) is 16.9 Å². The lowest BCUT2D eigenvalue weighted by atomic mass is 10.0. The molecular formula is C20H23N3O3. The Balaban J connectivity index is 1.84. The van der Waals surface area contributed by atoms with Crippen molar-refractivity contribution in [2.75, 3.05) is 32.6 Å². The molecule has 0 spiro atoms. The molecule has 2 aromatic carbocycles. The molecule has 2 aromatic rings. The summed E-state index contributed by atoms with van der Waals surface area (Å²) >= 11 is 0. The number of nitrogens with one attached hydrogen (secondary N) is 1. The molecule has 136 valence electrons. The van der Waals surface area contributed by atoms with Gasteiger partial charge in [0.15, 0.2) is 0 Å². The number of piperazine rings is 1. The zero-order valence-corrected chi connectivity index (χ0v) is 15.2. The van der Waals surface area contributed by atoms with Crippen LogP contribution in [0.25, 0.3) is 11.1 Å². The molecule has 1 saturated heterocycles. The number of rotatable bonds is 3. The van der Waals surface area contributed by atoms with E-state index in [1.54, 1.807) is 30.9 Å². The Morgan fingerprint density at radius 2 is 1.92 bits per heavy atom. The quantitative estimate of drug-likeness (QED) is 0.922. The highest BCUT2D eigenvalue weighted by Crippen LogP contribution is 2.30. The Kier molecular flexibility index (Phi) is 5.11. The average molecular weight is 353 g/mol. The molecule has 1 atom stereocenters. The van der Waals surface area contributed by atoms with E-state index in [4.69, 9.17) is 4.74 Å². The number of ether oxygens (including phenoxy) is 1. The molecule has 1 fully saturated rings. The summed E-state index contributed by atoms with van der Waals surface area (Å²) in [6.45, 7) is 2.80. The number of para-hydroxylation sites is 1. The minimum absolute atomic E-state index is 0.0486. The van der Waals surface area contributed by atoms with E-state index < -0.39 is 6.04 Å². The number of likely N-dealkylation sites (N-methyl/N-ethyl adjacent to an activating group) is 1. The van der Waals surface area contributed by atoms with Crippen molar-refractivity contribution in [1.82, 2.24) is 9.80 Å². The summed E-state index contributed by atoms with van der Waals surface area (Å²) in [5.74, 6) is 0.703. The van der Waals surface area contributed by atoms with Crippen molar-refractivity contribution >= 4 is 17.6 Å². The summed E-state index contributed by atoms with van der Waals surface area (Å²) in [6.07, 6.45) is 0. The van der Waals surface area contributed by atoms with Crippen LogP contribution in [-0.2, 0) is 4.79 Å². The van der Waals surface area contributed by atoms with E-state index in [-0.39, 0.29) is 11.9 Å². The topological polar surface area (TPSA) is 61.9 Å². The number of methoxy groups -OCH3 is 1. The van der Waals surface area contributed by atoms with Gasteiger partial charge in [-0.1, -0.05) is 30.3 Å². The normalized spacial score (nSPS) is 17.2. The molecule has 1 aliphatic heterocycles. The molecule has 1 N–H and O–H groups in total. The summed E-state index contributed by atoms with van der Waals surface area (Å²) in [4.78, 5) is 28.1. The van der Waals surface area contributed by atoms with Crippen molar-refractivity contribution in [2.24, 2.45) is 0 Å². The third kappa shape index (κ3) is 3.49. The molecule has 6 heteroatoms. The van der Waals surface area contributed by atoms with Crippen molar-refractivity contribution in [3.63, 3.8) is 0 Å². The number of hydrogen-bond acceptors (Lipinski definition) is 3. The first-order valence-corrected chi connectivity index (χ1v) is 8.57. The van der Waals surface area contributed by atoms with Gasteiger partial charge in [0, 0.05) is 25.7 Å². The van der Waals surface area contributed by atoms with Gasteiger partial charge in [0.1, 0.15) is 11.8 Å². The van der Waals surface area contributed by atoms with Crippen LogP contribution in [0.1, 0.15) is 6.92 Å². The Hall–Kier alpha value is -3.02. The third-order valence-corrected chi connectivity index (χ3v) is 4.69. The molecule has 1 aliphatic rings. The predicted octanol–water partition coefficient (Wildman–Crippen LogP) is 3.06. The molecule has 3 rings (SSSR count). The summed E-state index contributed by atoms with van der Waals surface area (Å²) in [6, 6.07) is 14.5. The third-order valence-electron chi connectivity index (χ3n) is 4.69. The molecule has 6 nitrogen and oxygen atoms in total. The van der Waals surface area contributed by atoms with Gasteiger partial charge in [-0.2, -0.15) is 0 Å². The largest absolute Gasteiger partial charge is 0.497 e. The molecule has 0 aromatic heterocycles. The molecule has 26 heavy (non-hydrogen) atoms. The maximum absolute atomic E-state index is 12.8. The standard InChI is InChI=1S/C20H23N3O3/c1-14-19(24)22(2)11-12-23(14)20(25)21-18-10-5-4-9-17(18)15-7-6-8-16(13-15)26-3/h4-10,13-14H,11-12H2,1-3H3,(H,21,25)/t14-/m0/s1. The molecule has 0 aliphatic carbocycles. The monoisotopic (exact) mass is 353 g/mol. The lowest BCUT2D eigenvalue weighted by molar-refractivity contribution is -0.137. The fourth-order valence-electron chi connectivity index (χ4n) is 3.11. The lowest BCUT2D eigenvalue weighted by Crippen LogP contribution is -2.57. The van der Waals surface area contributed by atoms with Gasteiger partial charge in [-0.05, 0) is 30.7 Å². The van der Waals surface area contributed by atoms with Crippen LogP contribution in [0.4, 0.5) is 10.5 Å². The van der Waals surface area contributed by atoms with E-state index in [9.17, 15) is 9.59 Å². The van der Waals surface area contributed by atoms with Crippen molar-refractivity contribution in [3.05, 3.63) is 48.5 Å². The van der Waals surface area contributed by atoms with Gasteiger partial charge >= 0.3 is 6.03 Å². The number of amides is 3. The van der Waals surface area contributed by atoms with Crippen molar-refractivity contribution in [3.8, 4) is 16.9 Å². The van der Waals surface area contributed by atoms with E-state index in [1.165, 1.54) is 0 Å². The van der Waals surface area contributed by atoms with Crippen LogP contribution in [0.5, 0.6) is 5.75 Å². The van der Waals surface area contributed by atoms with Crippen molar-refractivity contribution < 1.29 is 14.3 Å². The lowest BCUT2D eigenvalue weighted by Gasteiger charge is -2.37. The number of benzene rings is 2. The van der Waals surface area contributed by atoms with E-state index in [2.05, 4.69) is 5.32 Å². The minimum atomic E-state index is -0.474. The second-order valence-electron chi connectivity index (χ2n) is 6.34. The van der Waals surface area contributed by atoms with Crippen LogP contribution >= 0.6 is 0 Å². The van der Waals surface area contributed by atoms with Gasteiger partial charge in [-0.25, -0.2) is 4.79 Å². The Morgan fingerprint density at radius 1 is 1.15 bits per heavy atom. The van der Waals surface area contributed by atoms with Gasteiger partial charge in [-0.15, -0.1) is 0 Å². The average Bonchev–Trinajstić information content (AvgIpc) is 2.66. The second-order valence-corrected chi connectivity index (χ2v) is 6.34. The Bertz CT molecular complexity index is 821. The number of carbonyl (C=O) groups excluding carboxylic acids is 2.